The predicted molar refractivity (Wildman–Crippen MR) is 96.2 cm³/mol. The molecule has 1 fully saturated rings. The zero-order valence-corrected chi connectivity index (χ0v) is 14.9. The van der Waals surface area contributed by atoms with Crippen molar-refractivity contribution < 1.29 is 14.7 Å². The second kappa shape index (κ2) is 6.75. The Hall–Kier alpha value is -2.56. The number of para-hydroxylation sites is 1. The van der Waals surface area contributed by atoms with Crippen LogP contribution in [0, 0.1) is 26.7 Å². The maximum Gasteiger partial charge on any atom is 0.306 e. The molecule has 0 saturated heterocycles. The molecule has 3 rings (SSSR count). The number of hydrogen-bond donors (Lipinski definition) is 2. The van der Waals surface area contributed by atoms with Gasteiger partial charge >= 0.3 is 5.97 Å². The summed E-state index contributed by atoms with van der Waals surface area (Å²) in [5.41, 5.74) is 4.78. The van der Waals surface area contributed by atoms with E-state index >= 15 is 0 Å². The Labute approximate surface area is 147 Å². The highest BCUT2D eigenvalue weighted by atomic mass is 16.4. The van der Waals surface area contributed by atoms with Gasteiger partial charge in [0.15, 0.2) is 0 Å². The third kappa shape index (κ3) is 3.31. The largest absolute Gasteiger partial charge is 0.481 e. The molecule has 1 saturated carbocycles. The molecule has 1 aromatic carbocycles. The average molecular weight is 340 g/mol. The third-order valence-electron chi connectivity index (χ3n) is 5.15. The number of carboxylic acid groups (broad SMARTS) is 1. The number of aliphatic carboxylic acids is 1. The van der Waals surface area contributed by atoms with Gasteiger partial charge in [0.2, 0.25) is 0 Å². The summed E-state index contributed by atoms with van der Waals surface area (Å²) < 4.78 is 2.10. The number of carbonyl (C=O) groups is 2. The van der Waals surface area contributed by atoms with Crippen LogP contribution in [0.4, 0.5) is 0 Å². The quantitative estimate of drug-likeness (QED) is 0.896. The second-order valence-corrected chi connectivity index (χ2v) is 6.93. The maximum absolute atomic E-state index is 12.7. The van der Waals surface area contributed by atoms with E-state index in [9.17, 15) is 9.59 Å². The molecule has 0 aliphatic heterocycles. The molecule has 1 amide bonds. The van der Waals surface area contributed by atoms with Crippen molar-refractivity contribution in [3.63, 3.8) is 0 Å². The molecule has 5 nitrogen and oxygen atoms in total. The van der Waals surface area contributed by atoms with Crippen molar-refractivity contribution in [2.75, 3.05) is 0 Å². The highest BCUT2D eigenvalue weighted by Gasteiger charge is 2.31. The van der Waals surface area contributed by atoms with Crippen LogP contribution in [0.3, 0.4) is 0 Å². The van der Waals surface area contributed by atoms with Gasteiger partial charge in [-0.1, -0.05) is 18.2 Å². The van der Waals surface area contributed by atoms with Gasteiger partial charge in [-0.05, 0) is 57.7 Å². The van der Waals surface area contributed by atoms with E-state index in [2.05, 4.69) is 22.9 Å². The fourth-order valence-corrected chi connectivity index (χ4v) is 3.78. The number of aromatic nitrogens is 1. The molecule has 0 spiro atoms. The Morgan fingerprint density at radius 1 is 1.16 bits per heavy atom. The lowest BCUT2D eigenvalue weighted by atomic mass is 10.1. The zero-order chi connectivity index (χ0) is 18.1. The molecule has 1 aliphatic rings. The normalized spacial score (nSPS) is 19.8. The van der Waals surface area contributed by atoms with Crippen LogP contribution in [0.2, 0.25) is 0 Å². The monoisotopic (exact) mass is 340 g/mol. The number of nitrogens with one attached hydrogen (secondary N) is 1. The number of benzene rings is 1. The number of amides is 1. The first-order valence-corrected chi connectivity index (χ1v) is 8.67. The van der Waals surface area contributed by atoms with E-state index in [4.69, 9.17) is 5.11 Å². The van der Waals surface area contributed by atoms with Gasteiger partial charge in [0, 0.05) is 23.1 Å². The van der Waals surface area contributed by atoms with Gasteiger partial charge in [-0.3, -0.25) is 9.59 Å². The first-order valence-electron chi connectivity index (χ1n) is 8.67. The van der Waals surface area contributed by atoms with Crippen LogP contribution < -0.4 is 5.32 Å². The first-order chi connectivity index (χ1) is 11.9. The van der Waals surface area contributed by atoms with Crippen molar-refractivity contribution in [3.8, 4) is 5.69 Å². The van der Waals surface area contributed by atoms with Gasteiger partial charge in [0.1, 0.15) is 0 Å². The van der Waals surface area contributed by atoms with Crippen LogP contribution in [0.5, 0.6) is 0 Å². The van der Waals surface area contributed by atoms with E-state index in [0.29, 0.717) is 18.4 Å². The predicted octanol–water partition coefficient (Wildman–Crippen LogP) is 3.39. The van der Waals surface area contributed by atoms with Crippen molar-refractivity contribution >= 4 is 11.9 Å². The van der Waals surface area contributed by atoms with E-state index in [0.717, 1.165) is 29.1 Å². The molecule has 0 radical (unpaired) electrons. The molecule has 132 valence electrons. The highest BCUT2D eigenvalue weighted by molar-refractivity contribution is 5.96. The average Bonchev–Trinajstić information content (AvgIpc) is 3.13. The van der Waals surface area contributed by atoms with Crippen LogP contribution in [-0.4, -0.2) is 27.6 Å². The van der Waals surface area contributed by atoms with Crippen molar-refractivity contribution in [1.82, 2.24) is 9.88 Å². The molecular formula is C20H24N2O3. The van der Waals surface area contributed by atoms with Crippen LogP contribution in [0.25, 0.3) is 5.69 Å². The zero-order valence-electron chi connectivity index (χ0n) is 14.9. The summed E-state index contributed by atoms with van der Waals surface area (Å²) in [7, 11) is 0. The molecule has 0 bridgehead atoms. The standard InChI is InChI=1S/C20H24N2O3/c1-12-6-4-5-7-18(12)22-13(2)10-17(14(22)3)19(23)21-16-9-8-15(11-16)20(24)25/h4-7,10,15-16H,8-9,11H2,1-3H3,(H,21,23)(H,24,25)/t15-,16+/m0/s1. The fourth-order valence-electron chi connectivity index (χ4n) is 3.78. The second-order valence-electron chi connectivity index (χ2n) is 6.93. The van der Waals surface area contributed by atoms with Crippen molar-refractivity contribution in [2.24, 2.45) is 5.92 Å². The lowest BCUT2D eigenvalue weighted by molar-refractivity contribution is -0.141. The minimum Gasteiger partial charge on any atom is -0.481 e. The van der Waals surface area contributed by atoms with Crippen LogP contribution in [0.1, 0.15) is 46.6 Å². The van der Waals surface area contributed by atoms with Gasteiger partial charge in [0.25, 0.3) is 5.91 Å². The molecule has 2 N–H and O–H groups in total. The minimum absolute atomic E-state index is 0.0601. The molecule has 1 aromatic heterocycles. The van der Waals surface area contributed by atoms with E-state index < -0.39 is 5.97 Å². The van der Waals surface area contributed by atoms with E-state index in [1.54, 1.807) is 0 Å². The summed E-state index contributed by atoms with van der Waals surface area (Å²) in [6, 6.07) is 9.94. The minimum atomic E-state index is -0.769. The number of carboxylic acids is 1. The van der Waals surface area contributed by atoms with Crippen molar-refractivity contribution in [2.45, 2.75) is 46.1 Å². The smallest absolute Gasteiger partial charge is 0.306 e. The van der Waals surface area contributed by atoms with Gasteiger partial charge in [-0.15, -0.1) is 0 Å². The fraction of sp³-hybridized carbons (Fsp3) is 0.400. The molecule has 2 aromatic rings. The molecule has 0 unspecified atom stereocenters. The number of aryl methyl sites for hydroxylation is 2. The van der Waals surface area contributed by atoms with E-state index in [1.165, 1.54) is 0 Å². The molecule has 25 heavy (non-hydrogen) atoms. The van der Waals surface area contributed by atoms with Crippen molar-refractivity contribution in [1.29, 1.82) is 0 Å². The highest BCUT2D eigenvalue weighted by Crippen LogP contribution is 2.27. The Kier molecular flexibility index (Phi) is 4.66. The molecule has 5 heteroatoms. The lowest BCUT2D eigenvalue weighted by Gasteiger charge is -2.14. The van der Waals surface area contributed by atoms with Crippen LogP contribution in [-0.2, 0) is 4.79 Å². The van der Waals surface area contributed by atoms with E-state index in [1.807, 2.05) is 38.1 Å². The van der Waals surface area contributed by atoms with Crippen LogP contribution >= 0.6 is 0 Å². The third-order valence-corrected chi connectivity index (χ3v) is 5.15. The summed E-state index contributed by atoms with van der Waals surface area (Å²) in [5.74, 6) is -1.23. The van der Waals surface area contributed by atoms with Crippen molar-refractivity contribution in [3.05, 3.63) is 52.8 Å². The Morgan fingerprint density at radius 3 is 2.52 bits per heavy atom. The van der Waals surface area contributed by atoms with Crippen LogP contribution in [0.15, 0.2) is 30.3 Å². The summed E-state index contributed by atoms with van der Waals surface area (Å²) in [6.45, 7) is 5.99. The Morgan fingerprint density at radius 2 is 1.88 bits per heavy atom. The molecule has 1 aliphatic carbocycles. The SMILES string of the molecule is Cc1ccccc1-n1c(C)cc(C(=O)N[C@@H]2CC[C@H](C(=O)O)C2)c1C. The first kappa shape index (κ1) is 17.3. The number of rotatable bonds is 4. The lowest BCUT2D eigenvalue weighted by Crippen LogP contribution is -2.33. The van der Waals surface area contributed by atoms with Gasteiger partial charge in [-0.25, -0.2) is 0 Å². The Bertz CT molecular complexity index is 822. The Balaban J connectivity index is 1.82. The maximum atomic E-state index is 12.7. The number of nitrogens with zero attached hydrogens (tertiary/aromatic N) is 1. The number of hydrogen-bond acceptors (Lipinski definition) is 2. The van der Waals surface area contributed by atoms with Gasteiger partial charge in [-0.2, -0.15) is 0 Å². The topological polar surface area (TPSA) is 71.3 Å². The summed E-state index contributed by atoms with van der Waals surface area (Å²) in [6.07, 6.45) is 1.86. The summed E-state index contributed by atoms with van der Waals surface area (Å²) in [4.78, 5) is 23.8. The summed E-state index contributed by atoms with van der Waals surface area (Å²) in [5, 5.41) is 12.1. The van der Waals surface area contributed by atoms with E-state index in [-0.39, 0.29) is 17.9 Å². The summed E-state index contributed by atoms with van der Waals surface area (Å²) >= 11 is 0. The molecule has 1 heterocycles. The van der Waals surface area contributed by atoms with Gasteiger partial charge in [0.05, 0.1) is 11.5 Å². The molecule has 2 atom stereocenters. The molecular weight excluding hydrogens is 316 g/mol. The number of carbonyl (C=O) groups excluding carboxylic acids is 1. The van der Waals surface area contributed by atoms with Gasteiger partial charge < -0.3 is 15.0 Å².